The van der Waals surface area contributed by atoms with E-state index < -0.39 is 24.3 Å². The van der Waals surface area contributed by atoms with E-state index in [2.05, 4.69) is 15.3 Å². The number of benzene rings is 1. The first-order valence-electron chi connectivity index (χ1n) is 7.88. The lowest BCUT2D eigenvalue weighted by Gasteiger charge is -2.07. The minimum atomic E-state index is -1.03. The van der Waals surface area contributed by atoms with Crippen LogP contribution in [0.15, 0.2) is 23.6 Å². The van der Waals surface area contributed by atoms with E-state index in [0.717, 1.165) is 11.2 Å². The third-order valence-electron chi connectivity index (χ3n) is 3.73. The van der Waals surface area contributed by atoms with Crippen LogP contribution in [0.3, 0.4) is 0 Å². The lowest BCUT2D eigenvalue weighted by molar-refractivity contribution is -0.122. The normalized spacial score (nSPS) is 11.9. The summed E-state index contributed by atoms with van der Waals surface area (Å²) in [6, 6.07) is 6.80. The fourth-order valence-corrected chi connectivity index (χ4v) is 3.27. The molecule has 0 radical (unpaired) electrons. The molecule has 0 amide bonds. The highest BCUT2D eigenvalue weighted by atomic mass is 32.1. The molecule has 26 heavy (non-hydrogen) atoms. The van der Waals surface area contributed by atoms with Crippen molar-refractivity contribution in [1.82, 2.24) is 20.0 Å². The van der Waals surface area contributed by atoms with Crippen LogP contribution in [0.5, 0.6) is 0 Å². The molecule has 0 fully saturated rings. The summed E-state index contributed by atoms with van der Waals surface area (Å²) in [4.78, 5) is 28.6. The van der Waals surface area contributed by atoms with Gasteiger partial charge in [-0.1, -0.05) is 5.21 Å². The summed E-state index contributed by atoms with van der Waals surface area (Å²) in [7, 11) is 0. The van der Waals surface area contributed by atoms with E-state index in [1.165, 1.54) is 11.3 Å². The van der Waals surface area contributed by atoms with Gasteiger partial charge in [0, 0.05) is 17.6 Å². The molecule has 2 heterocycles. The molecule has 9 heteroatoms. The Hall–Kier alpha value is -3.12. The van der Waals surface area contributed by atoms with Gasteiger partial charge in [-0.05, 0) is 32.0 Å². The zero-order valence-electron chi connectivity index (χ0n) is 14.2. The average molecular weight is 369 g/mol. The molecule has 132 valence electrons. The number of carbonyl (C=O) groups excluding carboxylic acids is 2. The molecule has 3 rings (SSSR count). The maximum absolute atomic E-state index is 12.2. The number of ether oxygens (including phenoxy) is 1. The Morgan fingerprint density at radius 1 is 1.42 bits per heavy atom. The molecule has 0 bridgehead atoms. The summed E-state index contributed by atoms with van der Waals surface area (Å²) in [5, 5.41) is 19.4. The number of ketones is 1. The van der Waals surface area contributed by atoms with Gasteiger partial charge in [-0.15, -0.1) is 16.4 Å². The molecule has 0 spiro atoms. The van der Waals surface area contributed by atoms with Gasteiger partial charge < -0.3 is 4.74 Å². The molecule has 8 nitrogen and oxygen atoms in total. The third-order valence-corrected chi connectivity index (χ3v) is 4.76. The van der Waals surface area contributed by atoms with Crippen molar-refractivity contribution >= 4 is 34.1 Å². The lowest BCUT2D eigenvalue weighted by Crippen LogP contribution is -2.20. The van der Waals surface area contributed by atoms with Gasteiger partial charge in [-0.25, -0.2) is 14.5 Å². The standard InChI is InChI=1S/C17H15N5O3S/c1-3-22-14-5-4-11(6-13(14)20-21-22)17(24)25-8-15(23)12(7-18)16-19-10(2)9-26-16/h4-6,9,12H,3,8H2,1-2H3/t12-/m0/s1. The number of esters is 1. The Bertz CT molecular complexity index is 1020. The van der Waals surface area contributed by atoms with Crippen molar-refractivity contribution in [3.63, 3.8) is 0 Å². The summed E-state index contributed by atoms with van der Waals surface area (Å²) < 4.78 is 6.78. The Labute approximate surface area is 153 Å². The predicted molar refractivity (Wildman–Crippen MR) is 93.7 cm³/mol. The molecule has 1 aromatic carbocycles. The third kappa shape index (κ3) is 3.45. The lowest BCUT2D eigenvalue weighted by atomic mass is 10.1. The van der Waals surface area contributed by atoms with E-state index >= 15 is 0 Å². The van der Waals surface area contributed by atoms with Crippen molar-refractivity contribution in [3.05, 3.63) is 39.8 Å². The van der Waals surface area contributed by atoms with Crippen molar-refractivity contribution in [2.75, 3.05) is 6.61 Å². The smallest absolute Gasteiger partial charge is 0.338 e. The number of nitriles is 1. The molecule has 0 N–H and O–H groups in total. The highest BCUT2D eigenvalue weighted by molar-refractivity contribution is 7.09. The Kier molecular flexibility index (Phi) is 5.04. The number of aryl methyl sites for hydroxylation is 2. The molecule has 0 unspecified atom stereocenters. The van der Waals surface area contributed by atoms with Crippen LogP contribution < -0.4 is 0 Å². The van der Waals surface area contributed by atoms with Crippen molar-refractivity contribution in [2.24, 2.45) is 0 Å². The number of nitrogens with zero attached hydrogens (tertiary/aromatic N) is 5. The number of fused-ring (bicyclic) bond motifs is 1. The van der Waals surface area contributed by atoms with Gasteiger partial charge in [0.15, 0.2) is 18.3 Å². The summed E-state index contributed by atoms with van der Waals surface area (Å²) >= 11 is 1.23. The first kappa shape index (κ1) is 17.7. The van der Waals surface area contributed by atoms with Crippen molar-refractivity contribution in [2.45, 2.75) is 26.3 Å². The minimum absolute atomic E-state index is 0.270. The molecule has 0 saturated carbocycles. The molecule has 2 aromatic heterocycles. The highest BCUT2D eigenvalue weighted by Crippen LogP contribution is 2.21. The average Bonchev–Trinajstić information content (AvgIpc) is 3.25. The second-order valence-corrected chi connectivity index (χ2v) is 6.43. The van der Waals surface area contributed by atoms with Crippen LogP contribution >= 0.6 is 11.3 Å². The van der Waals surface area contributed by atoms with Crippen LogP contribution in [0.25, 0.3) is 11.0 Å². The number of hydrogen-bond donors (Lipinski definition) is 0. The van der Waals surface area contributed by atoms with E-state index in [0.29, 0.717) is 17.1 Å². The highest BCUT2D eigenvalue weighted by Gasteiger charge is 2.24. The van der Waals surface area contributed by atoms with Crippen LogP contribution in [0, 0.1) is 18.3 Å². The summed E-state index contributed by atoms with van der Waals surface area (Å²) in [6.07, 6.45) is 0. The number of thiazole rings is 1. The maximum Gasteiger partial charge on any atom is 0.338 e. The summed E-state index contributed by atoms with van der Waals surface area (Å²) in [6.45, 7) is 3.90. The first-order valence-corrected chi connectivity index (χ1v) is 8.76. The largest absolute Gasteiger partial charge is 0.454 e. The van der Waals surface area contributed by atoms with Gasteiger partial charge in [-0.2, -0.15) is 5.26 Å². The molecule has 0 aliphatic rings. The predicted octanol–water partition coefficient (Wildman–Crippen LogP) is 2.25. The number of aromatic nitrogens is 4. The first-order chi connectivity index (χ1) is 12.5. The van der Waals surface area contributed by atoms with Crippen LogP contribution in [0.1, 0.15) is 33.9 Å². The van der Waals surface area contributed by atoms with Gasteiger partial charge in [0.25, 0.3) is 0 Å². The van der Waals surface area contributed by atoms with Crippen LogP contribution in [0.2, 0.25) is 0 Å². The molecule has 3 aromatic rings. The Balaban J connectivity index is 1.68. The minimum Gasteiger partial charge on any atom is -0.454 e. The number of hydrogen-bond acceptors (Lipinski definition) is 8. The molecule has 0 saturated heterocycles. The van der Waals surface area contributed by atoms with Gasteiger partial charge in [-0.3, -0.25) is 4.79 Å². The fraction of sp³-hybridized carbons (Fsp3) is 0.294. The monoisotopic (exact) mass is 369 g/mol. The van der Waals surface area contributed by atoms with E-state index in [1.54, 1.807) is 35.2 Å². The van der Waals surface area contributed by atoms with Gasteiger partial charge in [0.05, 0.1) is 17.1 Å². The van der Waals surface area contributed by atoms with Crippen molar-refractivity contribution in [1.29, 1.82) is 5.26 Å². The molecule has 0 aliphatic heterocycles. The van der Waals surface area contributed by atoms with E-state index in [1.807, 2.05) is 13.0 Å². The molecule has 1 atom stereocenters. The SMILES string of the molecule is CCn1nnc2cc(C(=O)OCC(=O)[C@H](C#N)c3nc(C)cs3)ccc21. The van der Waals surface area contributed by atoms with E-state index in [-0.39, 0.29) is 5.56 Å². The van der Waals surface area contributed by atoms with Gasteiger partial charge >= 0.3 is 5.97 Å². The number of rotatable bonds is 6. The van der Waals surface area contributed by atoms with E-state index in [4.69, 9.17) is 4.74 Å². The topological polar surface area (TPSA) is 111 Å². The Morgan fingerprint density at radius 2 is 2.23 bits per heavy atom. The fourth-order valence-electron chi connectivity index (χ4n) is 2.41. The molecular weight excluding hydrogens is 354 g/mol. The van der Waals surface area contributed by atoms with Crippen LogP contribution in [-0.2, 0) is 16.1 Å². The summed E-state index contributed by atoms with van der Waals surface area (Å²) in [5.41, 5.74) is 2.39. The Morgan fingerprint density at radius 3 is 2.88 bits per heavy atom. The van der Waals surface area contributed by atoms with Crippen LogP contribution in [-0.4, -0.2) is 38.3 Å². The summed E-state index contributed by atoms with van der Waals surface area (Å²) in [5.74, 6) is -2.19. The second kappa shape index (κ2) is 7.41. The van der Waals surface area contributed by atoms with Crippen LogP contribution in [0.4, 0.5) is 0 Å². The zero-order valence-corrected chi connectivity index (χ0v) is 15.0. The second-order valence-electron chi connectivity index (χ2n) is 5.54. The maximum atomic E-state index is 12.2. The number of carbonyl (C=O) groups is 2. The van der Waals surface area contributed by atoms with Crippen molar-refractivity contribution < 1.29 is 14.3 Å². The zero-order chi connectivity index (χ0) is 18.7. The van der Waals surface area contributed by atoms with E-state index in [9.17, 15) is 14.9 Å². The quantitative estimate of drug-likeness (QED) is 0.613. The van der Waals surface area contributed by atoms with Gasteiger partial charge in [0.2, 0.25) is 0 Å². The number of Topliss-reactive ketones (excluding diaryl/α,β-unsaturated/α-hetero) is 1. The molecular formula is C17H15N5O3S. The molecule has 0 aliphatic carbocycles. The van der Waals surface area contributed by atoms with Crippen molar-refractivity contribution in [3.8, 4) is 6.07 Å². The van der Waals surface area contributed by atoms with Gasteiger partial charge in [0.1, 0.15) is 10.5 Å².